The maximum atomic E-state index is 5.81. The van der Waals surface area contributed by atoms with Crippen LogP contribution in [0.25, 0.3) is 0 Å². The molecular weight excluding hydrogens is 499 g/mol. The van der Waals surface area contributed by atoms with Crippen LogP contribution in [-0.2, 0) is 13.6 Å². The Morgan fingerprint density at radius 3 is 2.90 bits per heavy atom. The molecule has 0 bridgehead atoms. The monoisotopic (exact) mass is 528 g/mol. The molecule has 3 heterocycles. The van der Waals surface area contributed by atoms with Gasteiger partial charge in [-0.05, 0) is 31.6 Å². The van der Waals surface area contributed by atoms with Gasteiger partial charge in [-0.2, -0.15) is 11.8 Å². The molecule has 2 aliphatic heterocycles. The predicted molar refractivity (Wildman–Crippen MR) is 128 cm³/mol. The lowest BCUT2D eigenvalue weighted by atomic mass is 10.0. The number of para-hydroxylation sites is 1. The number of aliphatic imine (C=N–C) groups is 1. The summed E-state index contributed by atoms with van der Waals surface area (Å²) >= 11 is 2.01. The van der Waals surface area contributed by atoms with E-state index in [9.17, 15) is 0 Å². The Bertz CT molecular complexity index is 836. The lowest BCUT2D eigenvalue weighted by Gasteiger charge is -2.30. The Morgan fingerprint density at radius 1 is 1.28 bits per heavy atom. The second-order valence-corrected chi connectivity index (χ2v) is 8.47. The number of fused-ring (bicyclic) bond motifs is 1. The van der Waals surface area contributed by atoms with Crippen LogP contribution in [0.3, 0.4) is 0 Å². The molecule has 158 valence electrons. The third-order valence-corrected chi connectivity index (χ3v) is 6.55. The minimum atomic E-state index is 0. The van der Waals surface area contributed by atoms with Gasteiger partial charge in [-0.15, -0.1) is 34.2 Å². The van der Waals surface area contributed by atoms with E-state index in [1.54, 1.807) is 0 Å². The van der Waals surface area contributed by atoms with Crippen LogP contribution in [0.4, 0.5) is 0 Å². The summed E-state index contributed by atoms with van der Waals surface area (Å²) in [7, 11) is 1.98. The van der Waals surface area contributed by atoms with E-state index in [0.29, 0.717) is 19.2 Å². The van der Waals surface area contributed by atoms with Gasteiger partial charge >= 0.3 is 0 Å². The molecule has 0 radical (unpaired) electrons. The van der Waals surface area contributed by atoms with Gasteiger partial charge in [0.2, 0.25) is 0 Å². The summed E-state index contributed by atoms with van der Waals surface area (Å²) in [6, 6.07) is 8.88. The summed E-state index contributed by atoms with van der Waals surface area (Å²) in [5.41, 5.74) is 1.19. The molecule has 0 aliphatic carbocycles. The van der Waals surface area contributed by atoms with Crippen molar-refractivity contribution in [1.82, 2.24) is 25.4 Å². The first-order chi connectivity index (χ1) is 13.7. The van der Waals surface area contributed by atoms with E-state index in [1.165, 1.54) is 24.2 Å². The maximum absolute atomic E-state index is 5.81. The number of nitrogens with zero attached hydrogens (tertiary/aromatic N) is 4. The summed E-state index contributed by atoms with van der Waals surface area (Å²) < 4.78 is 7.80. The molecule has 0 spiro atoms. The van der Waals surface area contributed by atoms with Crippen LogP contribution in [0.15, 0.2) is 29.3 Å². The van der Waals surface area contributed by atoms with E-state index in [-0.39, 0.29) is 30.0 Å². The smallest absolute Gasteiger partial charge is 0.192 e. The summed E-state index contributed by atoms with van der Waals surface area (Å²) in [4.78, 5) is 4.85. The molecule has 2 unspecified atom stereocenters. The highest BCUT2D eigenvalue weighted by molar-refractivity contribution is 14.0. The third-order valence-electron chi connectivity index (χ3n) is 5.33. The molecular formula is C20H29IN6OS. The lowest BCUT2D eigenvalue weighted by molar-refractivity contribution is 0.261. The maximum Gasteiger partial charge on any atom is 0.192 e. The van der Waals surface area contributed by atoms with Crippen LogP contribution in [0.5, 0.6) is 5.75 Å². The third kappa shape index (κ3) is 5.56. The number of nitrogens with one attached hydrogen (secondary N) is 2. The SMILES string of the molecule is Cc1nnc(CN=C(NC2CCCSC2)NC2CCOc3ccccc32)n1C.I. The first-order valence-corrected chi connectivity index (χ1v) is 11.1. The number of thioether (sulfide) groups is 1. The van der Waals surface area contributed by atoms with Crippen molar-refractivity contribution in [3.8, 4) is 5.75 Å². The van der Waals surface area contributed by atoms with Crippen molar-refractivity contribution in [2.45, 2.75) is 44.8 Å². The van der Waals surface area contributed by atoms with E-state index in [1.807, 2.05) is 42.4 Å². The molecule has 1 fully saturated rings. The van der Waals surface area contributed by atoms with Crippen LogP contribution in [0, 0.1) is 6.92 Å². The fourth-order valence-corrected chi connectivity index (χ4v) is 4.65. The van der Waals surface area contributed by atoms with E-state index in [4.69, 9.17) is 9.73 Å². The van der Waals surface area contributed by atoms with Gasteiger partial charge in [0.25, 0.3) is 0 Å². The molecule has 9 heteroatoms. The van der Waals surface area contributed by atoms with Gasteiger partial charge in [-0.1, -0.05) is 18.2 Å². The highest BCUT2D eigenvalue weighted by Crippen LogP contribution is 2.31. The van der Waals surface area contributed by atoms with Gasteiger partial charge in [-0.3, -0.25) is 0 Å². The summed E-state index contributed by atoms with van der Waals surface area (Å²) in [6.07, 6.45) is 3.35. The Labute approximate surface area is 193 Å². The fraction of sp³-hybridized carbons (Fsp3) is 0.550. The van der Waals surface area contributed by atoms with Crippen LogP contribution < -0.4 is 15.4 Å². The second kappa shape index (κ2) is 10.5. The first kappa shape index (κ1) is 22.2. The Morgan fingerprint density at radius 2 is 2.14 bits per heavy atom. The number of hydrogen-bond donors (Lipinski definition) is 2. The topological polar surface area (TPSA) is 76.4 Å². The number of hydrogen-bond acceptors (Lipinski definition) is 5. The Kier molecular flexibility index (Phi) is 8.05. The van der Waals surface area contributed by atoms with Crippen molar-refractivity contribution >= 4 is 41.7 Å². The molecule has 2 aliphatic rings. The van der Waals surface area contributed by atoms with Crippen molar-refractivity contribution in [2.75, 3.05) is 18.1 Å². The average Bonchev–Trinajstić information content (AvgIpc) is 3.05. The molecule has 2 N–H and O–H groups in total. The predicted octanol–water partition coefficient (Wildman–Crippen LogP) is 3.20. The van der Waals surface area contributed by atoms with E-state index in [2.05, 4.69) is 33.0 Å². The largest absolute Gasteiger partial charge is 0.493 e. The van der Waals surface area contributed by atoms with Gasteiger partial charge < -0.3 is 19.9 Å². The van der Waals surface area contributed by atoms with Gasteiger partial charge in [0, 0.05) is 30.8 Å². The van der Waals surface area contributed by atoms with Crippen LogP contribution in [0.1, 0.15) is 42.5 Å². The highest BCUT2D eigenvalue weighted by atomic mass is 127. The quantitative estimate of drug-likeness (QED) is 0.361. The minimum Gasteiger partial charge on any atom is -0.493 e. The fourth-order valence-electron chi connectivity index (χ4n) is 3.58. The molecule has 7 nitrogen and oxygen atoms in total. The Balaban J connectivity index is 0.00000240. The molecule has 1 saturated heterocycles. The van der Waals surface area contributed by atoms with Crippen LogP contribution in [-0.4, -0.2) is 44.9 Å². The van der Waals surface area contributed by atoms with Crippen molar-refractivity contribution in [2.24, 2.45) is 12.0 Å². The number of aromatic nitrogens is 3. The summed E-state index contributed by atoms with van der Waals surface area (Å²) in [6.45, 7) is 3.16. The summed E-state index contributed by atoms with van der Waals surface area (Å²) in [5, 5.41) is 15.7. The van der Waals surface area contributed by atoms with Crippen LogP contribution >= 0.6 is 35.7 Å². The van der Waals surface area contributed by atoms with E-state index >= 15 is 0 Å². The summed E-state index contributed by atoms with van der Waals surface area (Å²) in [5.74, 6) is 5.94. The van der Waals surface area contributed by atoms with Crippen molar-refractivity contribution < 1.29 is 4.74 Å². The lowest BCUT2D eigenvalue weighted by Crippen LogP contribution is -2.47. The molecule has 0 saturated carbocycles. The Hall–Kier alpha value is -1.49. The standard InChI is InChI=1S/C20H28N6OS.HI/c1-14-24-25-19(26(14)2)12-21-20(22-15-6-5-11-28-13-15)23-17-9-10-27-18-8-4-3-7-16(17)18;/h3-4,7-8,15,17H,5-6,9-13H2,1-2H3,(H2,21,22,23);1H. The number of ether oxygens (including phenoxy) is 1. The van der Waals surface area contributed by atoms with Crippen molar-refractivity contribution in [3.63, 3.8) is 0 Å². The average molecular weight is 528 g/mol. The molecule has 2 atom stereocenters. The highest BCUT2D eigenvalue weighted by Gasteiger charge is 2.23. The normalized spacial score (nSPS) is 21.5. The number of rotatable bonds is 4. The van der Waals surface area contributed by atoms with Crippen molar-refractivity contribution in [1.29, 1.82) is 0 Å². The van der Waals surface area contributed by atoms with E-state index in [0.717, 1.165) is 35.5 Å². The second-order valence-electron chi connectivity index (χ2n) is 7.32. The van der Waals surface area contributed by atoms with Crippen molar-refractivity contribution in [3.05, 3.63) is 41.5 Å². The number of benzene rings is 1. The molecule has 1 aromatic carbocycles. The minimum absolute atomic E-state index is 0. The zero-order valence-electron chi connectivity index (χ0n) is 16.9. The van der Waals surface area contributed by atoms with Crippen LogP contribution in [0.2, 0.25) is 0 Å². The van der Waals surface area contributed by atoms with E-state index < -0.39 is 0 Å². The van der Waals surface area contributed by atoms with Gasteiger partial charge in [0.1, 0.15) is 18.1 Å². The van der Waals surface area contributed by atoms with Gasteiger partial charge in [-0.25, -0.2) is 4.99 Å². The first-order valence-electron chi connectivity index (χ1n) is 9.92. The van der Waals surface area contributed by atoms with Gasteiger partial charge in [0.15, 0.2) is 11.8 Å². The number of halogens is 1. The van der Waals surface area contributed by atoms with Gasteiger partial charge in [0.05, 0.1) is 12.6 Å². The number of aryl methyl sites for hydroxylation is 1. The molecule has 29 heavy (non-hydrogen) atoms. The zero-order chi connectivity index (χ0) is 19.3. The molecule has 0 amide bonds. The number of guanidine groups is 1. The molecule has 4 rings (SSSR count). The molecule has 1 aromatic heterocycles. The zero-order valence-corrected chi connectivity index (χ0v) is 20.1. The molecule has 2 aromatic rings.